The summed E-state index contributed by atoms with van der Waals surface area (Å²) in [6.45, 7) is 6.85. The van der Waals surface area contributed by atoms with Gasteiger partial charge in [0.2, 0.25) is 0 Å². The molecule has 0 heterocycles. The van der Waals surface area contributed by atoms with E-state index < -0.39 is 14.8 Å². The molecule has 0 bridgehead atoms. The Morgan fingerprint density at radius 2 is 1.48 bits per heavy atom. The molecule has 0 amide bonds. The molecule has 0 radical (unpaired) electrons. The van der Waals surface area contributed by atoms with Crippen molar-refractivity contribution in [2.24, 2.45) is 0 Å². The standard InChI is InChI=1S/C14H21ClO5Si/c1-4-18-21(19-5-2,20-6-3)11-17-14(16)12-7-9-13(15)10-8-12/h7-10H,4-6,11H2,1-3H3. The van der Waals surface area contributed by atoms with Gasteiger partial charge in [0.05, 0.1) is 5.56 Å². The summed E-state index contributed by atoms with van der Waals surface area (Å²) in [5.41, 5.74) is 0.423. The van der Waals surface area contributed by atoms with E-state index in [0.29, 0.717) is 30.4 Å². The quantitative estimate of drug-likeness (QED) is 0.514. The maximum atomic E-state index is 12.0. The second-order valence-corrected chi connectivity index (χ2v) is 7.02. The van der Waals surface area contributed by atoms with Crippen LogP contribution in [0.4, 0.5) is 0 Å². The largest absolute Gasteiger partial charge is 0.540 e. The second-order valence-electron chi connectivity index (χ2n) is 4.07. The average Bonchev–Trinajstić information content (AvgIpc) is 2.46. The van der Waals surface area contributed by atoms with Crippen LogP contribution in [-0.4, -0.2) is 40.8 Å². The number of hydrogen-bond acceptors (Lipinski definition) is 5. The van der Waals surface area contributed by atoms with Crippen molar-refractivity contribution in [3.63, 3.8) is 0 Å². The van der Waals surface area contributed by atoms with Crippen molar-refractivity contribution in [2.45, 2.75) is 20.8 Å². The molecular weight excluding hydrogens is 312 g/mol. The van der Waals surface area contributed by atoms with E-state index in [9.17, 15) is 4.79 Å². The van der Waals surface area contributed by atoms with Crippen LogP contribution in [-0.2, 0) is 18.0 Å². The van der Waals surface area contributed by atoms with E-state index in [2.05, 4.69) is 0 Å². The summed E-state index contributed by atoms with van der Waals surface area (Å²) < 4.78 is 22.1. The van der Waals surface area contributed by atoms with Gasteiger partial charge in [-0.25, -0.2) is 4.79 Å². The Hall–Kier alpha value is -0.923. The number of benzene rings is 1. The van der Waals surface area contributed by atoms with Crippen LogP contribution < -0.4 is 0 Å². The van der Waals surface area contributed by atoms with Gasteiger partial charge in [0, 0.05) is 24.8 Å². The van der Waals surface area contributed by atoms with Crippen molar-refractivity contribution in [1.82, 2.24) is 0 Å². The number of carbonyl (C=O) groups is 1. The van der Waals surface area contributed by atoms with Gasteiger partial charge in [-0.3, -0.25) is 0 Å². The first-order valence-corrected chi connectivity index (χ1v) is 9.22. The molecule has 0 saturated carbocycles. The van der Waals surface area contributed by atoms with Crippen LogP contribution in [0.5, 0.6) is 0 Å². The predicted molar refractivity (Wildman–Crippen MR) is 82.4 cm³/mol. The molecule has 0 spiro atoms. The van der Waals surface area contributed by atoms with Gasteiger partial charge >= 0.3 is 14.8 Å². The number of carbonyl (C=O) groups excluding carboxylic acids is 1. The maximum Gasteiger partial charge on any atom is 0.540 e. The highest BCUT2D eigenvalue weighted by Crippen LogP contribution is 2.14. The Kier molecular flexibility index (Phi) is 7.91. The Labute approximate surface area is 131 Å². The molecule has 0 aliphatic carbocycles. The third kappa shape index (κ3) is 5.76. The fourth-order valence-electron chi connectivity index (χ4n) is 1.73. The summed E-state index contributed by atoms with van der Waals surface area (Å²) >= 11 is 5.78. The number of rotatable bonds is 9. The minimum Gasteiger partial charge on any atom is -0.457 e. The SMILES string of the molecule is CCO[Si](COC(=O)c1ccc(Cl)cc1)(OCC)OCC. The molecule has 7 heteroatoms. The number of halogens is 1. The highest BCUT2D eigenvalue weighted by molar-refractivity contribution is 6.60. The number of ether oxygens (including phenoxy) is 1. The van der Waals surface area contributed by atoms with Crippen molar-refractivity contribution in [1.29, 1.82) is 0 Å². The predicted octanol–water partition coefficient (Wildman–Crippen LogP) is 3.08. The van der Waals surface area contributed by atoms with E-state index in [-0.39, 0.29) is 6.23 Å². The lowest BCUT2D eigenvalue weighted by Crippen LogP contribution is -2.51. The summed E-state index contributed by atoms with van der Waals surface area (Å²) in [4.78, 5) is 12.0. The summed E-state index contributed by atoms with van der Waals surface area (Å²) in [7, 11) is -2.97. The van der Waals surface area contributed by atoms with E-state index in [1.165, 1.54) is 0 Å². The van der Waals surface area contributed by atoms with Crippen LogP contribution in [0.3, 0.4) is 0 Å². The molecule has 0 aliphatic rings. The van der Waals surface area contributed by atoms with E-state index in [4.69, 9.17) is 29.6 Å². The molecule has 21 heavy (non-hydrogen) atoms. The molecule has 0 atom stereocenters. The first-order chi connectivity index (χ1) is 10.1. The molecule has 0 saturated heterocycles. The third-order valence-electron chi connectivity index (χ3n) is 2.55. The molecule has 0 aliphatic heterocycles. The Bertz CT molecular complexity index is 420. The van der Waals surface area contributed by atoms with Crippen molar-refractivity contribution in [3.8, 4) is 0 Å². The molecule has 0 unspecified atom stereocenters. The van der Waals surface area contributed by atoms with Crippen LogP contribution in [0.2, 0.25) is 5.02 Å². The smallest absolute Gasteiger partial charge is 0.457 e. The minimum atomic E-state index is -2.97. The Morgan fingerprint density at radius 1 is 1.00 bits per heavy atom. The molecule has 1 aromatic carbocycles. The summed E-state index contributed by atoms with van der Waals surface area (Å²) in [5, 5.41) is 0.563. The topological polar surface area (TPSA) is 54.0 Å². The molecule has 118 valence electrons. The van der Waals surface area contributed by atoms with Gasteiger partial charge in [-0.15, -0.1) is 0 Å². The van der Waals surface area contributed by atoms with E-state index in [1.54, 1.807) is 24.3 Å². The summed E-state index contributed by atoms with van der Waals surface area (Å²) in [5.74, 6) is -0.456. The van der Waals surface area contributed by atoms with Gasteiger partial charge in [0.1, 0.15) is 0 Å². The van der Waals surface area contributed by atoms with Crippen molar-refractivity contribution in [3.05, 3.63) is 34.9 Å². The minimum absolute atomic E-state index is 0.00994. The van der Waals surface area contributed by atoms with Gasteiger partial charge in [-0.05, 0) is 45.0 Å². The summed E-state index contributed by atoms with van der Waals surface area (Å²) in [6.07, 6.45) is -0.00994. The van der Waals surface area contributed by atoms with Crippen LogP contribution in [0.15, 0.2) is 24.3 Å². The van der Waals surface area contributed by atoms with E-state index >= 15 is 0 Å². The molecule has 5 nitrogen and oxygen atoms in total. The van der Waals surface area contributed by atoms with Crippen molar-refractivity contribution < 1.29 is 22.8 Å². The molecular formula is C14H21ClO5Si. The molecule has 0 aromatic heterocycles. The average molecular weight is 333 g/mol. The van der Waals surface area contributed by atoms with Crippen molar-refractivity contribution in [2.75, 3.05) is 26.1 Å². The van der Waals surface area contributed by atoms with Crippen LogP contribution in [0.25, 0.3) is 0 Å². The Morgan fingerprint density at radius 3 is 1.90 bits per heavy atom. The summed E-state index contributed by atoms with van der Waals surface area (Å²) in [6, 6.07) is 6.48. The van der Waals surface area contributed by atoms with Crippen LogP contribution in [0, 0.1) is 0 Å². The molecule has 0 N–H and O–H groups in total. The lowest BCUT2D eigenvalue weighted by Gasteiger charge is -2.27. The normalized spacial score (nSPS) is 11.4. The zero-order valence-electron chi connectivity index (χ0n) is 12.6. The second kappa shape index (κ2) is 9.17. The van der Waals surface area contributed by atoms with Crippen LogP contribution in [0.1, 0.15) is 31.1 Å². The van der Waals surface area contributed by atoms with E-state index in [0.717, 1.165) is 0 Å². The zero-order valence-corrected chi connectivity index (χ0v) is 14.3. The van der Waals surface area contributed by atoms with Gasteiger partial charge in [-0.2, -0.15) is 0 Å². The lowest BCUT2D eigenvalue weighted by atomic mass is 10.2. The van der Waals surface area contributed by atoms with Crippen LogP contribution >= 0.6 is 11.6 Å². The maximum absolute atomic E-state index is 12.0. The van der Waals surface area contributed by atoms with Gasteiger partial charge in [0.25, 0.3) is 0 Å². The van der Waals surface area contributed by atoms with E-state index in [1.807, 2.05) is 20.8 Å². The van der Waals surface area contributed by atoms with Crippen molar-refractivity contribution >= 4 is 26.4 Å². The van der Waals surface area contributed by atoms with Gasteiger partial charge in [-0.1, -0.05) is 11.6 Å². The molecule has 1 aromatic rings. The highest BCUT2D eigenvalue weighted by Gasteiger charge is 2.42. The number of hydrogen-bond donors (Lipinski definition) is 0. The first-order valence-electron chi connectivity index (χ1n) is 6.91. The highest BCUT2D eigenvalue weighted by atomic mass is 35.5. The lowest BCUT2D eigenvalue weighted by molar-refractivity contribution is 0.0247. The molecule has 0 fully saturated rings. The van der Waals surface area contributed by atoms with Gasteiger partial charge < -0.3 is 18.0 Å². The third-order valence-corrected chi connectivity index (χ3v) is 5.49. The number of esters is 1. The molecule has 1 rings (SSSR count). The fraction of sp³-hybridized carbons (Fsp3) is 0.500. The monoisotopic (exact) mass is 332 g/mol. The fourth-order valence-corrected chi connectivity index (χ4v) is 3.99. The first kappa shape index (κ1) is 18.1. The van der Waals surface area contributed by atoms with Gasteiger partial charge in [0.15, 0.2) is 6.23 Å². The zero-order chi connectivity index (χ0) is 15.7. The Balaban J connectivity index is 2.70.